The Morgan fingerprint density at radius 1 is 1.10 bits per heavy atom. The standard InChI is InChI=1S/C23H20Cl2N2O2/c1-12-11-16(28)18-20(24)21(25)19(23(29)13-5-3-2-4-6-13)17-14-7-9-26-10-8-15(14)27(12)22(17)18/h2-6,12,26H,7-11H2,1H3. The second-order valence-corrected chi connectivity index (χ2v) is 8.57. The van der Waals surface area contributed by atoms with E-state index in [0.29, 0.717) is 23.1 Å². The normalized spacial score (nSPS) is 18.6. The molecule has 1 N–H and O–H groups in total. The molecule has 6 heteroatoms. The summed E-state index contributed by atoms with van der Waals surface area (Å²) in [5.41, 5.74) is 4.53. The molecule has 29 heavy (non-hydrogen) atoms. The highest BCUT2D eigenvalue weighted by molar-refractivity contribution is 6.48. The molecule has 0 fully saturated rings. The van der Waals surface area contributed by atoms with Crippen LogP contribution in [0.2, 0.25) is 10.0 Å². The number of halogens is 2. The van der Waals surface area contributed by atoms with E-state index in [0.717, 1.165) is 42.4 Å². The van der Waals surface area contributed by atoms with Crippen LogP contribution in [-0.4, -0.2) is 29.2 Å². The topological polar surface area (TPSA) is 51.1 Å². The van der Waals surface area contributed by atoms with Gasteiger partial charge in [0.25, 0.3) is 0 Å². The van der Waals surface area contributed by atoms with E-state index < -0.39 is 0 Å². The Morgan fingerprint density at radius 2 is 1.83 bits per heavy atom. The lowest BCUT2D eigenvalue weighted by Crippen LogP contribution is -2.23. The zero-order valence-corrected chi connectivity index (χ0v) is 17.5. The number of nitrogens with zero attached hydrogens (tertiary/aromatic N) is 1. The number of carbonyl (C=O) groups excluding carboxylic acids is 2. The van der Waals surface area contributed by atoms with Gasteiger partial charge in [0.15, 0.2) is 11.6 Å². The molecule has 2 aliphatic rings. The fraction of sp³-hybridized carbons (Fsp3) is 0.304. The van der Waals surface area contributed by atoms with Crippen LogP contribution >= 0.6 is 23.2 Å². The van der Waals surface area contributed by atoms with Crippen LogP contribution in [0.25, 0.3) is 10.9 Å². The van der Waals surface area contributed by atoms with E-state index in [9.17, 15) is 9.59 Å². The van der Waals surface area contributed by atoms with Gasteiger partial charge in [0.1, 0.15) is 0 Å². The first kappa shape index (κ1) is 18.9. The summed E-state index contributed by atoms with van der Waals surface area (Å²) < 4.78 is 2.23. The first-order chi connectivity index (χ1) is 14.0. The van der Waals surface area contributed by atoms with Crippen LogP contribution in [0.4, 0.5) is 0 Å². The van der Waals surface area contributed by atoms with E-state index in [1.165, 1.54) is 5.69 Å². The van der Waals surface area contributed by atoms with Crippen LogP contribution in [-0.2, 0) is 12.8 Å². The minimum Gasteiger partial charge on any atom is -0.340 e. The maximum atomic E-state index is 13.5. The predicted molar refractivity (Wildman–Crippen MR) is 116 cm³/mol. The summed E-state index contributed by atoms with van der Waals surface area (Å²) >= 11 is 13.3. The molecule has 1 unspecified atom stereocenters. The van der Waals surface area contributed by atoms with Crippen molar-refractivity contribution in [2.45, 2.75) is 32.2 Å². The molecule has 0 aliphatic carbocycles. The molecule has 1 aromatic heterocycles. The van der Waals surface area contributed by atoms with Crippen molar-refractivity contribution >= 4 is 45.7 Å². The van der Waals surface area contributed by atoms with Gasteiger partial charge in [-0.05, 0) is 25.5 Å². The zero-order valence-electron chi connectivity index (χ0n) is 16.0. The highest BCUT2D eigenvalue weighted by Gasteiger charge is 2.36. The number of rotatable bonds is 2. The van der Waals surface area contributed by atoms with Gasteiger partial charge < -0.3 is 9.88 Å². The first-order valence-corrected chi connectivity index (χ1v) is 10.7. The van der Waals surface area contributed by atoms with Crippen LogP contribution in [0.3, 0.4) is 0 Å². The van der Waals surface area contributed by atoms with Crippen molar-refractivity contribution < 1.29 is 9.59 Å². The first-order valence-electron chi connectivity index (χ1n) is 9.91. The third-order valence-corrected chi connectivity index (χ3v) is 6.94. The van der Waals surface area contributed by atoms with Gasteiger partial charge in [0.05, 0.1) is 26.7 Å². The SMILES string of the molecule is CC1CC(=O)c2c(Cl)c(Cl)c(C(=O)c3ccccc3)c3c4c(n1c23)CCNCC4. The largest absolute Gasteiger partial charge is 0.340 e. The fourth-order valence-corrected chi connectivity index (χ4v) is 5.44. The number of hydrogen-bond donors (Lipinski definition) is 1. The quantitative estimate of drug-likeness (QED) is 0.585. The molecule has 0 radical (unpaired) electrons. The summed E-state index contributed by atoms with van der Waals surface area (Å²) in [5.74, 6) is -0.168. The minimum absolute atomic E-state index is 0.00797. The lowest BCUT2D eigenvalue weighted by atomic mass is 9.91. The summed E-state index contributed by atoms with van der Waals surface area (Å²) in [6.07, 6.45) is 2.01. The van der Waals surface area contributed by atoms with Crippen LogP contribution in [0.5, 0.6) is 0 Å². The van der Waals surface area contributed by atoms with Gasteiger partial charge in [-0.3, -0.25) is 9.59 Å². The van der Waals surface area contributed by atoms with E-state index >= 15 is 0 Å². The Hall–Kier alpha value is -2.14. The van der Waals surface area contributed by atoms with Gasteiger partial charge in [-0.25, -0.2) is 0 Å². The van der Waals surface area contributed by atoms with Gasteiger partial charge in [0, 0.05) is 42.1 Å². The summed E-state index contributed by atoms with van der Waals surface area (Å²) in [7, 11) is 0. The molecule has 3 heterocycles. The highest BCUT2D eigenvalue weighted by atomic mass is 35.5. The molecule has 0 amide bonds. The van der Waals surface area contributed by atoms with Gasteiger partial charge in [-0.1, -0.05) is 53.5 Å². The summed E-state index contributed by atoms with van der Waals surface area (Å²) in [6, 6.07) is 9.12. The van der Waals surface area contributed by atoms with Crippen molar-refractivity contribution in [1.29, 1.82) is 0 Å². The average Bonchev–Trinajstić information content (AvgIpc) is 2.87. The molecule has 5 rings (SSSR count). The third kappa shape index (κ3) is 2.70. The molecular weight excluding hydrogens is 407 g/mol. The molecule has 0 saturated carbocycles. The summed E-state index contributed by atoms with van der Waals surface area (Å²) in [5, 5.41) is 4.62. The molecule has 1 atom stereocenters. The minimum atomic E-state index is -0.160. The Kier molecular flexibility index (Phi) is 4.54. The Bertz CT molecular complexity index is 1180. The molecule has 3 aromatic rings. The molecule has 0 saturated heterocycles. The average molecular weight is 427 g/mol. The van der Waals surface area contributed by atoms with Crippen LogP contribution in [0, 0.1) is 0 Å². The summed E-state index contributed by atoms with van der Waals surface area (Å²) in [4.78, 5) is 26.5. The number of Topliss-reactive ketones (excluding diaryl/α,β-unsaturated/α-hetero) is 1. The van der Waals surface area contributed by atoms with Crippen molar-refractivity contribution in [3.05, 3.63) is 68.3 Å². The van der Waals surface area contributed by atoms with E-state index in [1.54, 1.807) is 12.1 Å². The number of fused-ring (bicyclic) bond motifs is 3. The lowest BCUT2D eigenvalue weighted by Gasteiger charge is -2.25. The number of carbonyl (C=O) groups is 2. The van der Waals surface area contributed by atoms with Gasteiger partial charge >= 0.3 is 0 Å². The van der Waals surface area contributed by atoms with Gasteiger partial charge in [-0.15, -0.1) is 0 Å². The number of aromatic nitrogens is 1. The van der Waals surface area contributed by atoms with Crippen molar-refractivity contribution in [1.82, 2.24) is 9.88 Å². The zero-order chi connectivity index (χ0) is 20.3. The maximum absolute atomic E-state index is 13.5. The molecule has 2 aliphatic heterocycles. The molecule has 2 aromatic carbocycles. The van der Waals surface area contributed by atoms with E-state index in [2.05, 4.69) is 16.8 Å². The van der Waals surface area contributed by atoms with Crippen LogP contribution < -0.4 is 5.32 Å². The van der Waals surface area contributed by atoms with Crippen LogP contribution in [0.1, 0.15) is 56.9 Å². The number of ketones is 2. The van der Waals surface area contributed by atoms with E-state index in [4.69, 9.17) is 23.2 Å². The summed E-state index contributed by atoms with van der Waals surface area (Å²) in [6.45, 7) is 3.74. The lowest BCUT2D eigenvalue weighted by molar-refractivity contribution is 0.0959. The predicted octanol–water partition coefficient (Wildman–Crippen LogP) is 5.01. The second-order valence-electron chi connectivity index (χ2n) is 7.82. The highest BCUT2D eigenvalue weighted by Crippen LogP contribution is 2.46. The van der Waals surface area contributed by atoms with Gasteiger partial charge in [-0.2, -0.15) is 0 Å². The number of nitrogens with one attached hydrogen (secondary N) is 1. The fourth-order valence-electron chi connectivity index (χ4n) is 4.87. The molecule has 0 spiro atoms. The van der Waals surface area contributed by atoms with Crippen molar-refractivity contribution in [3.8, 4) is 0 Å². The smallest absolute Gasteiger partial charge is 0.195 e. The number of benzene rings is 2. The van der Waals surface area contributed by atoms with Crippen molar-refractivity contribution in [2.24, 2.45) is 0 Å². The second kappa shape index (κ2) is 6.98. The van der Waals surface area contributed by atoms with E-state index in [-0.39, 0.29) is 27.7 Å². The molecule has 0 bridgehead atoms. The van der Waals surface area contributed by atoms with E-state index in [1.807, 2.05) is 18.2 Å². The maximum Gasteiger partial charge on any atom is 0.195 e. The molecule has 4 nitrogen and oxygen atoms in total. The Balaban J connectivity index is 1.94. The third-order valence-electron chi connectivity index (χ3n) is 6.09. The van der Waals surface area contributed by atoms with Crippen LogP contribution in [0.15, 0.2) is 30.3 Å². The monoisotopic (exact) mass is 426 g/mol. The van der Waals surface area contributed by atoms with Crippen molar-refractivity contribution in [2.75, 3.05) is 13.1 Å². The van der Waals surface area contributed by atoms with Crippen molar-refractivity contribution in [3.63, 3.8) is 0 Å². The number of hydrogen-bond acceptors (Lipinski definition) is 3. The molecular formula is C23H20Cl2N2O2. The van der Waals surface area contributed by atoms with Gasteiger partial charge in [0.2, 0.25) is 0 Å². The Morgan fingerprint density at radius 3 is 2.59 bits per heavy atom. The Labute approximate surface area is 178 Å². The molecule has 148 valence electrons.